The molecule has 0 aliphatic heterocycles. The van der Waals surface area contributed by atoms with Crippen LogP contribution in [0.15, 0.2) is 30.9 Å². The van der Waals surface area contributed by atoms with Gasteiger partial charge in [0.2, 0.25) is 0 Å². The lowest BCUT2D eigenvalue weighted by atomic mass is 10.2. The quantitative estimate of drug-likeness (QED) is 0.760. The van der Waals surface area contributed by atoms with Gasteiger partial charge in [0.15, 0.2) is 0 Å². The van der Waals surface area contributed by atoms with Gasteiger partial charge in [-0.2, -0.15) is 0 Å². The topological polar surface area (TPSA) is 82.8 Å². The van der Waals surface area contributed by atoms with E-state index in [2.05, 4.69) is 9.97 Å². The molecule has 15 heavy (non-hydrogen) atoms. The SMILES string of the molecule is NCCn1cncc1-c1cccnc1N. The van der Waals surface area contributed by atoms with Crippen LogP contribution in [-0.4, -0.2) is 21.1 Å². The summed E-state index contributed by atoms with van der Waals surface area (Å²) in [7, 11) is 0. The number of hydrogen-bond acceptors (Lipinski definition) is 4. The van der Waals surface area contributed by atoms with E-state index in [4.69, 9.17) is 11.5 Å². The number of anilines is 1. The first-order valence-electron chi connectivity index (χ1n) is 4.74. The van der Waals surface area contributed by atoms with Crippen LogP contribution < -0.4 is 11.5 Å². The monoisotopic (exact) mass is 203 g/mol. The van der Waals surface area contributed by atoms with Gasteiger partial charge in [-0.05, 0) is 12.1 Å². The number of hydrogen-bond donors (Lipinski definition) is 2. The first-order chi connectivity index (χ1) is 7.33. The molecule has 0 fully saturated rings. The Morgan fingerprint density at radius 1 is 1.40 bits per heavy atom. The zero-order valence-electron chi connectivity index (χ0n) is 8.30. The number of nitrogen functional groups attached to an aromatic ring is 1. The molecular formula is C10H13N5. The Balaban J connectivity index is 2.45. The van der Waals surface area contributed by atoms with Crippen molar-refractivity contribution in [2.75, 3.05) is 12.3 Å². The fraction of sp³-hybridized carbons (Fsp3) is 0.200. The predicted molar refractivity (Wildman–Crippen MR) is 58.9 cm³/mol. The number of pyridine rings is 1. The summed E-state index contributed by atoms with van der Waals surface area (Å²) in [5.41, 5.74) is 13.1. The van der Waals surface area contributed by atoms with Crippen molar-refractivity contribution in [3.8, 4) is 11.3 Å². The number of rotatable bonds is 3. The van der Waals surface area contributed by atoms with E-state index in [0.29, 0.717) is 12.4 Å². The summed E-state index contributed by atoms with van der Waals surface area (Å²) in [4.78, 5) is 8.12. The highest BCUT2D eigenvalue weighted by atomic mass is 15.1. The van der Waals surface area contributed by atoms with Gasteiger partial charge in [-0.25, -0.2) is 9.97 Å². The molecule has 0 aromatic carbocycles. The van der Waals surface area contributed by atoms with E-state index in [1.54, 1.807) is 18.7 Å². The molecule has 0 bridgehead atoms. The van der Waals surface area contributed by atoms with E-state index in [0.717, 1.165) is 17.8 Å². The summed E-state index contributed by atoms with van der Waals surface area (Å²) in [6.07, 6.45) is 5.18. The van der Waals surface area contributed by atoms with Gasteiger partial charge in [0.05, 0.1) is 18.2 Å². The van der Waals surface area contributed by atoms with Crippen LogP contribution in [-0.2, 0) is 6.54 Å². The van der Waals surface area contributed by atoms with Crippen molar-refractivity contribution in [3.63, 3.8) is 0 Å². The molecule has 78 valence electrons. The Hall–Kier alpha value is -1.88. The molecule has 2 aromatic rings. The van der Waals surface area contributed by atoms with E-state index < -0.39 is 0 Å². The second-order valence-electron chi connectivity index (χ2n) is 3.20. The van der Waals surface area contributed by atoms with Crippen LogP contribution in [0.1, 0.15) is 0 Å². The molecule has 2 aromatic heterocycles. The summed E-state index contributed by atoms with van der Waals surface area (Å²) in [5, 5.41) is 0. The number of nitrogens with zero attached hydrogens (tertiary/aromatic N) is 3. The lowest BCUT2D eigenvalue weighted by Crippen LogP contribution is -2.10. The normalized spacial score (nSPS) is 10.5. The van der Waals surface area contributed by atoms with Crippen molar-refractivity contribution < 1.29 is 0 Å². The minimum atomic E-state index is 0.510. The fourth-order valence-corrected chi connectivity index (χ4v) is 1.50. The third-order valence-corrected chi connectivity index (χ3v) is 2.20. The average molecular weight is 203 g/mol. The Labute approximate surface area is 87.8 Å². The van der Waals surface area contributed by atoms with Crippen LogP contribution in [0.3, 0.4) is 0 Å². The van der Waals surface area contributed by atoms with Crippen molar-refractivity contribution in [3.05, 3.63) is 30.9 Å². The highest BCUT2D eigenvalue weighted by Crippen LogP contribution is 2.22. The number of aromatic nitrogens is 3. The van der Waals surface area contributed by atoms with E-state index >= 15 is 0 Å². The lowest BCUT2D eigenvalue weighted by Gasteiger charge is -2.07. The molecule has 2 rings (SSSR count). The van der Waals surface area contributed by atoms with Gasteiger partial charge < -0.3 is 16.0 Å². The van der Waals surface area contributed by atoms with Crippen LogP contribution in [0.4, 0.5) is 5.82 Å². The summed E-state index contributed by atoms with van der Waals surface area (Å²) >= 11 is 0. The van der Waals surface area contributed by atoms with E-state index in [-0.39, 0.29) is 0 Å². The van der Waals surface area contributed by atoms with E-state index in [9.17, 15) is 0 Å². The van der Waals surface area contributed by atoms with Gasteiger partial charge in [0.25, 0.3) is 0 Å². The maximum absolute atomic E-state index is 5.79. The summed E-state index contributed by atoms with van der Waals surface area (Å²) in [5.74, 6) is 0.510. The number of nitrogens with two attached hydrogens (primary N) is 2. The van der Waals surface area contributed by atoms with Gasteiger partial charge in [-0.15, -0.1) is 0 Å². The van der Waals surface area contributed by atoms with Gasteiger partial charge in [0, 0.05) is 24.8 Å². The maximum Gasteiger partial charge on any atom is 0.132 e. The Kier molecular flexibility index (Phi) is 2.64. The molecule has 0 amide bonds. The van der Waals surface area contributed by atoms with E-state index in [1.165, 1.54) is 0 Å². The van der Waals surface area contributed by atoms with Crippen LogP contribution in [0.5, 0.6) is 0 Å². The summed E-state index contributed by atoms with van der Waals surface area (Å²) in [6, 6.07) is 3.78. The average Bonchev–Trinajstić information content (AvgIpc) is 2.67. The Morgan fingerprint density at radius 2 is 2.27 bits per heavy atom. The predicted octanol–water partition coefficient (Wildman–Crippen LogP) is 0.486. The maximum atomic E-state index is 5.79. The van der Waals surface area contributed by atoms with Gasteiger partial charge in [0.1, 0.15) is 5.82 Å². The summed E-state index contributed by atoms with van der Waals surface area (Å²) in [6.45, 7) is 1.30. The van der Waals surface area contributed by atoms with Crippen molar-refractivity contribution in [2.24, 2.45) is 5.73 Å². The minimum absolute atomic E-state index is 0.510. The smallest absolute Gasteiger partial charge is 0.132 e. The first kappa shape index (κ1) is 9.67. The fourth-order valence-electron chi connectivity index (χ4n) is 1.50. The highest BCUT2D eigenvalue weighted by Gasteiger charge is 2.07. The van der Waals surface area contributed by atoms with Gasteiger partial charge in [-0.3, -0.25) is 0 Å². The van der Waals surface area contributed by atoms with Crippen LogP contribution in [0.25, 0.3) is 11.3 Å². The van der Waals surface area contributed by atoms with Gasteiger partial charge >= 0.3 is 0 Å². The second-order valence-corrected chi connectivity index (χ2v) is 3.20. The van der Waals surface area contributed by atoms with Crippen molar-refractivity contribution in [1.29, 1.82) is 0 Å². The molecule has 0 radical (unpaired) electrons. The molecule has 4 N–H and O–H groups in total. The highest BCUT2D eigenvalue weighted by molar-refractivity contribution is 5.70. The molecule has 0 aliphatic carbocycles. The van der Waals surface area contributed by atoms with Gasteiger partial charge in [-0.1, -0.05) is 0 Å². The molecular weight excluding hydrogens is 190 g/mol. The third-order valence-electron chi connectivity index (χ3n) is 2.20. The molecule has 5 heteroatoms. The largest absolute Gasteiger partial charge is 0.383 e. The minimum Gasteiger partial charge on any atom is -0.383 e. The first-order valence-corrected chi connectivity index (χ1v) is 4.74. The molecule has 0 atom stereocenters. The third kappa shape index (κ3) is 1.82. The molecule has 0 spiro atoms. The van der Waals surface area contributed by atoms with Crippen LogP contribution >= 0.6 is 0 Å². The van der Waals surface area contributed by atoms with Crippen molar-refractivity contribution in [2.45, 2.75) is 6.54 Å². The molecule has 0 unspecified atom stereocenters. The lowest BCUT2D eigenvalue weighted by molar-refractivity contribution is 0.714. The molecule has 0 saturated heterocycles. The Bertz CT molecular complexity index is 449. The zero-order chi connectivity index (χ0) is 10.7. The van der Waals surface area contributed by atoms with Crippen LogP contribution in [0, 0.1) is 0 Å². The number of imidazole rings is 1. The van der Waals surface area contributed by atoms with Crippen molar-refractivity contribution in [1.82, 2.24) is 14.5 Å². The summed E-state index contributed by atoms with van der Waals surface area (Å²) < 4.78 is 1.97. The van der Waals surface area contributed by atoms with Crippen LogP contribution in [0.2, 0.25) is 0 Å². The Morgan fingerprint density at radius 3 is 3.00 bits per heavy atom. The molecule has 0 aliphatic rings. The standard InChI is InChI=1S/C10H13N5/c11-3-5-15-7-13-6-9(15)8-2-1-4-14-10(8)12/h1-2,4,6-7H,3,5,11H2,(H2,12,14). The molecule has 2 heterocycles. The second kappa shape index (κ2) is 4.10. The van der Waals surface area contributed by atoms with Crippen molar-refractivity contribution >= 4 is 5.82 Å². The van der Waals surface area contributed by atoms with E-state index in [1.807, 2.05) is 16.7 Å². The zero-order valence-corrected chi connectivity index (χ0v) is 8.30. The molecule has 0 saturated carbocycles. The molecule has 5 nitrogen and oxygen atoms in total.